The van der Waals surface area contributed by atoms with E-state index in [1.54, 1.807) is 7.11 Å². The Bertz CT molecular complexity index is 1030. The van der Waals surface area contributed by atoms with Crippen LogP contribution in [0.1, 0.15) is 40.5 Å². The molecule has 0 radical (unpaired) electrons. The van der Waals surface area contributed by atoms with Crippen molar-refractivity contribution in [2.45, 2.75) is 33.6 Å². The topological polar surface area (TPSA) is 56.1 Å². The SMILES string of the molecule is COc1ccc(-n2nc(Nc3ccc(C)cc3C)c3c2CC(C)CC3=O)cc1. The molecule has 28 heavy (non-hydrogen) atoms. The van der Waals surface area contributed by atoms with Crippen LogP contribution in [-0.4, -0.2) is 22.7 Å². The van der Waals surface area contributed by atoms with Gasteiger partial charge in [0.15, 0.2) is 11.6 Å². The first-order chi connectivity index (χ1) is 13.5. The van der Waals surface area contributed by atoms with Crippen LogP contribution < -0.4 is 10.1 Å². The maximum Gasteiger partial charge on any atom is 0.168 e. The number of fused-ring (bicyclic) bond motifs is 1. The summed E-state index contributed by atoms with van der Waals surface area (Å²) in [6, 6.07) is 14.0. The minimum atomic E-state index is 0.153. The molecule has 1 aliphatic rings. The number of Topliss-reactive ketones (excluding diaryl/α,β-unsaturated/α-hetero) is 1. The summed E-state index contributed by atoms with van der Waals surface area (Å²) in [5.74, 6) is 1.89. The molecule has 1 N–H and O–H groups in total. The van der Waals surface area contributed by atoms with E-state index in [1.165, 1.54) is 5.56 Å². The minimum absolute atomic E-state index is 0.153. The van der Waals surface area contributed by atoms with Gasteiger partial charge in [0.05, 0.1) is 24.1 Å². The third kappa shape index (κ3) is 3.28. The van der Waals surface area contributed by atoms with Gasteiger partial charge in [-0.3, -0.25) is 4.79 Å². The summed E-state index contributed by atoms with van der Waals surface area (Å²) in [4.78, 5) is 12.9. The molecular weight excluding hydrogens is 350 g/mol. The normalized spacial score (nSPS) is 16.0. The van der Waals surface area contributed by atoms with Gasteiger partial charge < -0.3 is 10.1 Å². The Kier molecular flexibility index (Phi) is 4.67. The molecule has 1 heterocycles. The summed E-state index contributed by atoms with van der Waals surface area (Å²) >= 11 is 0. The Hall–Kier alpha value is -3.08. The lowest BCUT2D eigenvalue weighted by Crippen LogP contribution is -2.19. The molecular formula is C23H25N3O2. The summed E-state index contributed by atoms with van der Waals surface area (Å²) in [6.45, 7) is 6.25. The molecule has 0 bridgehead atoms. The highest BCUT2D eigenvalue weighted by atomic mass is 16.5. The molecule has 0 spiro atoms. The lowest BCUT2D eigenvalue weighted by atomic mass is 9.87. The fourth-order valence-corrected chi connectivity index (χ4v) is 3.86. The number of benzene rings is 2. The number of nitrogens with one attached hydrogen (secondary N) is 1. The van der Waals surface area contributed by atoms with Crippen LogP contribution in [0.2, 0.25) is 0 Å². The third-order valence-corrected chi connectivity index (χ3v) is 5.29. The lowest BCUT2D eigenvalue weighted by molar-refractivity contribution is 0.0953. The second-order valence-electron chi connectivity index (χ2n) is 7.66. The minimum Gasteiger partial charge on any atom is -0.497 e. The van der Waals surface area contributed by atoms with Crippen molar-refractivity contribution in [3.05, 3.63) is 64.8 Å². The molecule has 5 heteroatoms. The van der Waals surface area contributed by atoms with E-state index in [0.717, 1.165) is 34.8 Å². The molecule has 5 nitrogen and oxygen atoms in total. The lowest BCUT2D eigenvalue weighted by Gasteiger charge is -2.19. The monoisotopic (exact) mass is 375 g/mol. The number of aryl methyl sites for hydroxylation is 2. The number of methoxy groups -OCH3 is 1. The van der Waals surface area contributed by atoms with Gasteiger partial charge >= 0.3 is 0 Å². The van der Waals surface area contributed by atoms with Crippen LogP contribution in [0.5, 0.6) is 5.75 Å². The number of anilines is 2. The van der Waals surface area contributed by atoms with E-state index >= 15 is 0 Å². The van der Waals surface area contributed by atoms with Crippen molar-refractivity contribution >= 4 is 17.3 Å². The average Bonchev–Trinajstić information content (AvgIpc) is 3.02. The zero-order chi connectivity index (χ0) is 19.8. The van der Waals surface area contributed by atoms with Gasteiger partial charge in [-0.05, 0) is 62.1 Å². The first kappa shape index (κ1) is 18.3. The zero-order valence-electron chi connectivity index (χ0n) is 16.7. The number of hydrogen-bond donors (Lipinski definition) is 1. The van der Waals surface area contributed by atoms with Crippen LogP contribution in [0.15, 0.2) is 42.5 Å². The molecule has 1 unspecified atom stereocenters. The van der Waals surface area contributed by atoms with Crippen molar-refractivity contribution in [3.63, 3.8) is 0 Å². The number of carbonyl (C=O) groups is 1. The third-order valence-electron chi connectivity index (χ3n) is 5.29. The van der Waals surface area contributed by atoms with Gasteiger partial charge in [-0.25, -0.2) is 4.68 Å². The molecule has 3 aromatic rings. The van der Waals surface area contributed by atoms with Crippen molar-refractivity contribution < 1.29 is 9.53 Å². The number of hydrogen-bond acceptors (Lipinski definition) is 4. The molecule has 0 saturated heterocycles. The van der Waals surface area contributed by atoms with Crippen LogP contribution in [-0.2, 0) is 6.42 Å². The molecule has 1 aromatic heterocycles. The molecule has 0 amide bonds. The number of ketones is 1. The fourth-order valence-electron chi connectivity index (χ4n) is 3.86. The number of carbonyl (C=O) groups excluding carboxylic acids is 1. The highest BCUT2D eigenvalue weighted by Crippen LogP contribution is 2.34. The summed E-state index contributed by atoms with van der Waals surface area (Å²) < 4.78 is 7.16. The van der Waals surface area contributed by atoms with E-state index in [1.807, 2.05) is 35.0 Å². The molecule has 4 rings (SSSR count). The maximum atomic E-state index is 12.9. The molecule has 2 aromatic carbocycles. The van der Waals surface area contributed by atoms with E-state index in [-0.39, 0.29) is 5.78 Å². The quantitative estimate of drug-likeness (QED) is 0.697. The molecule has 0 fully saturated rings. The second kappa shape index (κ2) is 7.15. The van der Waals surface area contributed by atoms with Crippen molar-refractivity contribution in [2.75, 3.05) is 12.4 Å². The number of rotatable bonds is 4. The number of aromatic nitrogens is 2. The van der Waals surface area contributed by atoms with Crippen molar-refractivity contribution in [1.82, 2.24) is 9.78 Å². The van der Waals surface area contributed by atoms with Gasteiger partial charge in [0, 0.05) is 12.1 Å². The summed E-state index contributed by atoms with van der Waals surface area (Å²) in [5, 5.41) is 8.21. The largest absolute Gasteiger partial charge is 0.497 e. The van der Waals surface area contributed by atoms with E-state index in [9.17, 15) is 4.79 Å². The summed E-state index contributed by atoms with van der Waals surface area (Å²) in [5.41, 5.74) is 5.92. The van der Waals surface area contributed by atoms with Crippen LogP contribution >= 0.6 is 0 Å². The van der Waals surface area contributed by atoms with Crippen LogP contribution in [0, 0.1) is 19.8 Å². The molecule has 0 aliphatic heterocycles. The molecule has 144 valence electrons. The van der Waals surface area contributed by atoms with Gasteiger partial charge in [-0.15, -0.1) is 5.10 Å². The predicted octanol–water partition coefficient (Wildman–Crippen LogP) is 5.01. The van der Waals surface area contributed by atoms with E-state index < -0.39 is 0 Å². The van der Waals surface area contributed by atoms with Crippen molar-refractivity contribution in [2.24, 2.45) is 5.92 Å². The molecule has 0 saturated carbocycles. The van der Waals surface area contributed by atoms with Crippen molar-refractivity contribution in [1.29, 1.82) is 0 Å². The Balaban J connectivity index is 1.81. The highest BCUT2D eigenvalue weighted by molar-refractivity contribution is 6.03. The van der Waals surface area contributed by atoms with Crippen LogP contribution in [0.3, 0.4) is 0 Å². The number of ether oxygens (including phenoxy) is 1. The Morgan fingerprint density at radius 1 is 1.11 bits per heavy atom. The van der Waals surface area contributed by atoms with Gasteiger partial charge in [-0.1, -0.05) is 24.6 Å². The Labute approximate surface area is 165 Å². The molecule has 1 atom stereocenters. The Morgan fingerprint density at radius 2 is 1.86 bits per heavy atom. The highest BCUT2D eigenvalue weighted by Gasteiger charge is 2.31. The maximum absolute atomic E-state index is 12.9. The predicted molar refractivity (Wildman–Crippen MR) is 111 cm³/mol. The zero-order valence-corrected chi connectivity index (χ0v) is 16.7. The van der Waals surface area contributed by atoms with Crippen LogP contribution in [0.4, 0.5) is 11.5 Å². The van der Waals surface area contributed by atoms with E-state index in [0.29, 0.717) is 23.7 Å². The second-order valence-corrected chi connectivity index (χ2v) is 7.66. The molecule has 1 aliphatic carbocycles. The Morgan fingerprint density at radius 3 is 2.54 bits per heavy atom. The van der Waals surface area contributed by atoms with Gasteiger partial charge in [0.1, 0.15) is 5.75 Å². The first-order valence-corrected chi connectivity index (χ1v) is 9.60. The first-order valence-electron chi connectivity index (χ1n) is 9.60. The van der Waals surface area contributed by atoms with Crippen LogP contribution in [0.25, 0.3) is 5.69 Å². The summed E-state index contributed by atoms with van der Waals surface area (Å²) in [7, 11) is 1.65. The smallest absolute Gasteiger partial charge is 0.168 e. The average molecular weight is 375 g/mol. The van der Waals surface area contributed by atoms with Crippen molar-refractivity contribution in [3.8, 4) is 11.4 Å². The van der Waals surface area contributed by atoms with Gasteiger partial charge in [0.2, 0.25) is 0 Å². The summed E-state index contributed by atoms with van der Waals surface area (Å²) in [6.07, 6.45) is 1.39. The van der Waals surface area contributed by atoms with Gasteiger partial charge in [0.25, 0.3) is 0 Å². The fraction of sp³-hybridized carbons (Fsp3) is 0.304. The van der Waals surface area contributed by atoms with E-state index in [4.69, 9.17) is 9.84 Å². The standard InChI is InChI=1S/C23H25N3O2/c1-14-5-10-19(16(3)11-14)24-23-22-20(12-15(2)13-21(22)27)26(25-23)17-6-8-18(28-4)9-7-17/h5-11,15H,12-13H2,1-4H3,(H,24,25). The van der Waals surface area contributed by atoms with E-state index in [2.05, 4.69) is 38.2 Å². The number of nitrogens with zero attached hydrogens (tertiary/aromatic N) is 2. The van der Waals surface area contributed by atoms with Gasteiger partial charge in [-0.2, -0.15) is 0 Å².